The van der Waals surface area contributed by atoms with Gasteiger partial charge < -0.3 is 15.5 Å². The molecular weight excluding hydrogens is 512 g/mol. The summed E-state index contributed by atoms with van der Waals surface area (Å²) in [5.74, 6) is 0.953. The molecule has 5 rings (SSSR count). The van der Waals surface area contributed by atoms with E-state index in [-0.39, 0.29) is 11.8 Å². The van der Waals surface area contributed by atoms with Gasteiger partial charge >= 0.3 is 0 Å². The van der Waals surface area contributed by atoms with Crippen LogP contribution in [0.15, 0.2) is 67.0 Å². The average Bonchev–Trinajstić information content (AvgIpc) is 3.78. The van der Waals surface area contributed by atoms with Gasteiger partial charge in [0.15, 0.2) is 5.82 Å². The molecule has 3 aromatic rings. The Hall–Kier alpha value is -3.62. The first-order valence-corrected chi connectivity index (χ1v) is 14.9. The Morgan fingerprint density at radius 2 is 1.63 bits per heavy atom. The van der Waals surface area contributed by atoms with Crippen LogP contribution in [0.25, 0.3) is 11.4 Å². The van der Waals surface area contributed by atoms with Gasteiger partial charge in [-0.2, -0.15) is 0 Å². The van der Waals surface area contributed by atoms with E-state index in [1.165, 1.54) is 11.1 Å². The van der Waals surface area contributed by atoms with E-state index in [2.05, 4.69) is 70.5 Å². The summed E-state index contributed by atoms with van der Waals surface area (Å²) < 4.78 is 0. The molecule has 1 aromatic heterocycles. The number of hydrogen-bond donors (Lipinski definition) is 2. The third-order valence-corrected chi connectivity index (χ3v) is 8.30. The monoisotopic (exact) mass is 554 g/mol. The molecule has 2 fully saturated rings. The molecule has 1 saturated carbocycles. The van der Waals surface area contributed by atoms with Gasteiger partial charge in [-0.3, -0.25) is 14.5 Å². The van der Waals surface area contributed by atoms with Gasteiger partial charge in [0.1, 0.15) is 6.04 Å². The summed E-state index contributed by atoms with van der Waals surface area (Å²) in [6.07, 6.45) is 5.94. The molecule has 0 spiro atoms. The molecule has 0 radical (unpaired) electrons. The molecule has 216 valence electrons. The van der Waals surface area contributed by atoms with E-state index in [0.29, 0.717) is 48.9 Å². The summed E-state index contributed by atoms with van der Waals surface area (Å²) in [5, 5.41) is 6.73. The molecule has 1 saturated heterocycles. The minimum Gasteiger partial charge on any atom is -0.340 e. The van der Waals surface area contributed by atoms with Crippen LogP contribution >= 0.6 is 0 Å². The molecule has 2 heterocycles. The largest absolute Gasteiger partial charge is 0.340 e. The molecule has 8 heteroatoms. The van der Waals surface area contributed by atoms with E-state index in [4.69, 9.17) is 0 Å². The van der Waals surface area contributed by atoms with Crippen molar-refractivity contribution in [3.05, 3.63) is 83.7 Å². The lowest BCUT2D eigenvalue weighted by Gasteiger charge is -2.38. The highest BCUT2D eigenvalue weighted by Crippen LogP contribution is 2.40. The first kappa shape index (κ1) is 28.9. The third-order valence-electron chi connectivity index (χ3n) is 8.30. The van der Waals surface area contributed by atoms with Crippen molar-refractivity contribution >= 4 is 11.8 Å². The summed E-state index contributed by atoms with van der Waals surface area (Å²) >= 11 is 0. The van der Waals surface area contributed by atoms with E-state index in [1.54, 1.807) is 30.6 Å². The Labute approximate surface area is 243 Å². The van der Waals surface area contributed by atoms with Crippen LogP contribution in [0.4, 0.5) is 0 Å². The summed E-state index contributed by atoms with van der Waals surface area (Å²) in [7, 11) is 0. The third kappa shape index (κ3) is 7.57. The lowest BCUT2D eigenvalue weighted by atomic mass is 10.1. The second-order valence-electron chi connectivity index (χ2n) is 11.6. The Bertz CT molecular complexity index is 1290. The molecule has 41 heavy (non-hydrogen) atoms. The average molecular weight is 555 g/mol. The van der Waals surface area contributed by atoms with Gasteiger partial charge in [0, 0.05) is 67.7 Å². The van der Waals surface area contributed by atoms with E-state index < -0.39 is 6.04 Å². The second-order valence-corrected chi connectivity index (χ2v) is 11.6. The van der Waals surface area contributed by atoms with Crippen molar-refractivity contribution in [1.82, 2.24) is 30.4 Å². The lowest BCUT2D eigenvalue weighted by Crippen LogP contribution is -2.56. The molecule has 2 amide bonds. The SMILES string of the molecule is Cc1ccc([C@@H]2C[C@H]2NCCC[C@H](NC(=O)c2ccc(-c3ncccn3)cc2)C(=O)N2CCN(C(C)C)CC2)cc1. The highest BCUT2D eigenvalue weighted by atomic mass is 16.2. The van der Waals surface area contributed by atoms with Gasteiger partial charge in [-0.1, -0.05) is 42.0 Å². The smallest absolute Gasteiger partial charge is 0.251 e. The number of benzene rings is 2. The standard InChI is InChI=1S/C33H42N6O2/c1-23(2)38-18-20-39(21-19-38)33(41)29(6-4-15-34-30-22-28(30)25-9-7-24(3)8-10-25)37-32(40)27-13-11-26(12-14-27)31-35-16-5-17-36-31/h5,7-14,16-17,23,28-30,34H,4,6,15,18-22H2,1-3H3,(H,37,40)/t28-,29-,30+/m0/s1. The fraction of sp³-hybridized carbons (Fsp3) is 0.455. The van der Waals surface area contributed by atoms with E-state index in [1.807, 2.05) is 17.0 Å². The maximum atomic E-state index is 13.6. The second kappa shape index (κ2) is 13.4. The number of carbonyl (C=O) groups excluding carboxylic acids is 2. The number of piperazine rings is 1. The predicted octanol–water partition coefficient (Wildman–Crippen LogP) is 4.03. The van der Waals surface area contributed by atoms with Crippen LogP contribution in [0, 0.1) is 6.92 Å². The van der Waals surface area contributed by atoms with Crippen LogP contribution in [0.3, 0.4) is 0 Å². The number of nitrogens with one attached hydrogen (secondary N) is 2. The van der Waals surface area contributed by atoms with Gasteiger partial charge in [0.05, 0.1) is 0 Å². The highest BCUT2D eigenvalue weighted by Gasteiger charge is 2.37. The van der Waals surface area contributed by atoms with E-state index in [0.717, 1.165) is 38.0 Å². The van der Waals surface area contributed by atoms with E-state index >= 15 is 0 Å². The normalized spacial score (nSPS) is 19.7. The van der Waals surface area contributed by atoms with E-state index in [9.17, 15) is 9.59 Å². The molecule has 2 N–H and O–H groups in total. The van der Waals surface area contributed by atoms with Crippen molar-refractivity contribution in [1.29, 1.82) is 0 Å². The van der Waals surface area contributed by atoms with Crippen LogP contribution in [0.5, 0.6) is 0 Å². The van der Waals surface area contributed by atoms with Crippen molar-refractivity contribution in [2.45, 2.75) is 64.1 Å². The van der Waals surface area contributed by atoms with Gasteiger partial charge in [-0.15, -0.1) is 0 Å². The van der Waals surface area contributed by atoms with Crippen molar-refractivity contribution in [3.63, 3.8) is 0 Å². The van der Waals surface area contributed by atoms with Crippen molar-refractivity contribution in [2.75, 3.05) is 32.7 Å². The van der Waals surface area contributed by atoms with Crippen molar-refractivity contribution < 1.29 is 9.59 Å². The van der Waals surface area contributed by atoms with Crippen molar-refractivity contribution in [3.8, 4) is 11.4 Å². The number of aromatic nitrogens is 2. The van der Waals surface area contributed by atoms with Crippen molar-refractivity contribution in [2.24, 2.45) is 0 Å². The molecule has 2 aromatic carbocycles. The lowest BCUT2D eigenvalue weighted by molar-refractivity contribution is -0.135. The first-order chi connectivity index (χ1) is 19.9. The van der Waals surface area contributed by atoms with Crippen LogP contribution in [0.1, 0.15) is 60.5 Å². The Morgan fingerprint density at radius 1 is 0.951 bits per heavy atom. The van der Waals surface area contributed by atoms with Crippen LogP contribution in [0.2, 0.25) is 0 Å². The molecule has 0 bridgehead atoms. The number of amides is 2. The Kier molecular flexibility index (Phi) is 9.42. The molecule has 3 atom stereocenters. The fourth-order valence-corrected chi connectivity index (χ4v) is 5.59. The molecule has 2 aliphatic rings. The zero-order valence-corrected chi connectivity index (χ0v) is 24.4. The Balaban J connectivity index is 1.18. The number of rotatable bonds is 11. The molecule has 0 unspecified atom stereocenters. The fourth-order valence-electron chi connectivity index (χ4n) is 5.59. The van der Waals surface area contributed by atoms with Crippen LogP contribution in [-0.4, -0.2) is 82.4 Å². The zero-order chi connectivity index (χ0) is 28.8. The summed E-state index contributed by atoms with van der Waals surface area (Å²) in [4.78, 5) is 39.8. The van der Waals surface area contributed by atoms with Gasteiger partial charge in [-0.05, 0) is 70.3 Å². The number of nitrogens with zero attached hydrogens (tertiary/aromatic N) is 4. The summed E-state index contributed by atoms with van der Waals surface area (Å²) in [5.41, 5.74) is 4.03. The van der Waals surface area contributed by atoms with Crippen LogP contribution < -0.4 is 10.6 Å². The molecule has 8 nitrogen and oxygen atoms in total. The Morgan fingerprint density at radius 3 is 2.29 bits per heavy atom. The van der Waals surface area contributed by atoms with Gasteiger partial charge in [0.2, 0.25) is 5.91 Å². The van der Waals surface area contributed by atoms with Gasteiger partial charge in [0.25, 0.3) is 5.91 Å². The summed E-state index contributed by atoms with van der Waals surface area (Å²) in [6.45, 7) is 10.4. The molecule has 1 aliphatic heterocycles. The predicted molar refractivity (Wildman–Crippen MR) is 162 cm³/mol. The maximum absolute atomic E-state index is 13.6. The first-order valence-electron chi connectivity index (χ1n) is 14.9. The minimum atomic E-state index is -0.556. The molecular formula is C33H42N6O2. The minimum absolute atomic E-state index is 0.0139. The van der Waals surface area contributed by atoms with Gasteiger partial charge in [-0.25, -0.2) is 9.97 Å². The quantitative estimate of drug-likeness (QED) is 0.348. The number of aryl methyl sites for hydroxylation is 1. The van der Waals surface area contributed by atoms with Crippen LogP contribution in [-0.2, 0) is 4.79 Å². The summed E-state index contributed by atoms with van der Waals surface area (Å²) in [6, 6.07) is 18.2. The number of carbonyl (C=O) groups is 2. The maximum Gasteiger partial charge on any atom is 0.251 e. The molecule has 1 aliphatic carbocycles. The zero-order valence-electron chi connectivity index (χ0n) is 24.4. The topological polar surface area (TPSA) is 90.5 Å². The number of hydrogen-bond acceptors (Lipinski definition) is 6. The highest BCUT2D eigenvalue weighted by molar-refractivity contribution is 5.97.